The highest BCUT2D eigenvalue weighted by molar-refractivity contribution is 14.1. The van der Waals surface area contributed by atoms with Crippen LogP contribution in [0.5, 0.6) is 0 Å². The Kier molecular flexibility index (Phi) is 7.33. The van der Waals surface area contributed by atoms with Crippen LogP contribution in [0.15, 0.2) is 17.2 Å². The van der Waals surface area contributed by atoms with E-state index in [0.29, 0.717) is 13.1 Å². The third-order valence-corrected chi connectivity index (χ3v) is 4.60. The Hall–Kier alpha value is -0.120. The SMILES string of the molecule is CCC(CC)CNC(=O)Cn1cc(I)c(=O)c(I)c1. The molecule has 0 unspecified atom stereocenters. The van der Waals surface area contributed by atoms with E-state index in [9.17, 15) is 9.59 Å². The summed E-state index contributed by atoms with van der Waals surface area (Å²) in [4.78, 5) is 23.4. The zero-order valence-corrected chi connectivity index (χ0v) is 15.4. The molecule has 19 heavy (non-hydrogen) atoms. The second-order valence-corrected chi connectivity index (χ2v) is 6.77. The monoisotopic (exact) mass is 488 g/mol. The van der Waals surface area contributed by atoms with Gasteiger partial charge in [0, 0.05) is 18.9 Å². The molecule has 106 valence electrons. The van der Waals surface area contributed by atoms with Crippen molar-refractivity contribution in [3.8, 4) is 0 Å². The fourth-order valence-electron chi connectivity index (χ4n) is 1.71. The van der Waals surface area contributed by atoms with Crippen LogP contribution in [-0.4, -0.2) is 17.0 Å². The van der Waals surface area contributed by atoms with Crippen LogP contribution < -0.4 is 10.7 Å². The summed E-state index contributed by atoms with van der Waals surface area (Å²) in [5.41, 5.74) is 0.0230. The first-order valence-electron chi connectivity index (χ1n) is 6.29. The maximum absolute atomic E-state index is 11.8. The smallest absolute Gasteiger partial charge is 0.239 e. The number of aromatic nitrogens is 1. The van der Waals surface area contributed by atoms with Crippen molar-refractivity contribution in [1.29, 1.82) is 0 Å². The highest BCUT2D eigenvalue weighted by Crippen LogP contribution is 2.06. The molecule has 0 bridgehead atoms. The minimum atomic E-state index is -0.0119. The molecule has 0 aliphatic carbocycles. The van der Waals surface area contributed by atoms with Crippen LogP contribution in [0.2, 0.25) is 0 Å². The van der Waals surface area contributed by atoms with Crippen molar-refractivity contribution in [2.24, 2.45) is 5.92 Å². The predicted molar refractivity (Wildman–Crippen MR) is 93.2 cm³/mol. The summed E-state index contributed by atoms with van der Waals surface area (Å²) in [7, 11) is 0. The second kappa shape index (κ2) is 8.23. The van der Waals surface area contributed by atoms with Gasteiger partial charge < -0.3 is 9.88 Å². The van der Waals surface area contributed by atoms with E-state index in [2.05, 4.69) is 19.2 Å². The van der Waals surface area contributed by atoms with Crippen LogP contribution in [0.3, 0.4) is 0 Å². The molecule has 1 amide bonds. The summed E-state index contributed by atoms with van der Waals surface area (Å²) in [5, 5.41) is 2.94. The Bertz CT molecular complexity index is 470. The number of nitrogens with one attached hydrogen (secondary N) is 1. The van der Waals surface area contributed by atoms with Gasteiger partial charge in [0.1, 0.15) is 6.54 Å². The Morgan fingerprint density at radius 1 is 1.26 bits per heavy atom. The summed E-state index contributed by atoms with van der Waals surface area (Å²) in [6.07, 6.45) is 5.57. The molecule has 4 nitrogen and oxygen atoms in total. The summed E-state index contributed by atoms with van der Waals surface area (Å²) in [6, 6.07) is 0. The normalized spacial score (nSPS) is 10.8. The van der Waals surface area contributed by atoms with Gasteiger partial charge >= 0.3 is 0 Å². The molecule has 1 heterocycles. The molecule has 0 aromatic carbocycles. The van der Waals surface area contributed by atoms with E-state index in [4.69, 9.17) is 0 Å². The summed E-state index contributed by atoms with van der Waals surface area (Å²) in [5.74, 6) is 0.528. The van der Waals surface area contributed by atoms with Crippen LogP contribution in [0, 0.1) is 13.1 Å². The number of hydrogen-bond acceptors (Lipinski definition) is 2. The standard InChI is InChI=1S/C13H18I2N2O2/c1-3-9(4-2)5-16-12(18)8-17-6-10(14)13(19)11(15)7-17/h6-7,9H,3-5,8H2,1-2H3,(H,16,18). The molecule has 1 rings (SSSR count). The molecule has 0 aliphatic heterocycles. The van der Waals surface area contributed by atoms with Gasteiger partial charge in [0.25, 0.3) is 0 Å². The van der Waals surface area contributed by atoms with Crippen LogP contribution in [-0.2, 0) is 11.3 Å². The molecule has 0 spiro atoms. The quantitative estimate of drug-likeness (QED) is 0.627. The molecule has 0 fully saturated rings. The van der Waals surface area contributed by atoms with Gasteiger partial charge in [-0.15, -0.1) is 0 Å². The van der Waals surface area contributed by atoms with Crippen molar-refractivity contribution in [3.63, 3.8) is 0 Å². The molecular formula is C13H18I2N2O2. The molecule has 0 atom stereocenters. The Labute approximate surface area is 140 Å². The van der Waals surface area contributed by atoms with Crippen molar-refractivity contribution >= 4 is 51.1 Å². The average Bonchev–Trinajstić information content (AvgIpc) is 2.37. The lowest BCUT2D eigenvalue weighted by atomic mass is 10.0. The minimum absolute atomic E-state index is 0.0119. The van der Waals surface area contributed by atoms with Crippen LogP contribution in [0.25, 0.3) is 0 Å². The largest absolute Gasteiger partial charge is 0.354 e. The fourth-order valence-corrected chi connectivity index (χ4v) is 3.52. The predicted octanol–water partition coefficient (Wildman–Crippen LogP) is 2.61. The molecule has 6 heteroatoms. The van der Waals surface area contributed by atoms with E-state index < -0.39 is 0 Å². The van der Waals surface area contributed by atoms with Gasteiger partial charge in [0.15, 0.2) is 0 Å². The van der Waals surface area contributed by atoms with Gasteiger partial charge in [-0.1, -0.05) is 26.7 Å². The minimum Gasteiger partial charge on any atom is -0.354 e. The molecule has 0 radical (unpaired) electrons. The fraction of sp³-hybridized carbons (Fsp3) is 0.538. The highest BCUT2D eigenvalue weighted by atomic mass is 127. The van der Waals surface area contributed by atoms with Gasteiger partial charge in [0.2, 0.25) is 11.3 Å². The van der Waals surface area contributed by atoms with Gasteiger partial charge in [-0.2, -0.15) is 0 Å². The average molecular weight is 488 g/mol. The van der Waals surface area contributed by atoms with Crippen molar-refractivity contribution in [3.05, 3.63) is 29.8 Å². The molecular weight excluding hydrogens is 470 g/mol. The summed E-state index contributed by atoms with van der Waals surface area (Å²) in [6.45, 7) is 5.24. The third kappa shape index (κ3) is 5.41. The zero-order chi connectivity index (χ0) is 14.4. The van der Waals surface area contributed by atoms with Crippen LogP contribution >= 0.6 is 45.2 Å². The first-order valence-corrected chi connectivity index (χ1v) is 8.45. The number of carbonyl (C=O) groups is 1. The maximum atomic E-state index is 11.8. The van der Waals surface area contributed by atoms with E-state index in [-0.39, 0.29) is 17.9 Å². The van der Waals surface area contributed by atoms with Crippen LogP contribution in [0.4, 0.5) is 0 Å². The third-order valence-electron chi connectivity index (χ3n) is 3.06. The summed E-state index contributed by atoms with van der Waals surface area (Å²) < 4.78 is 3.03. The lowest BCUT2D eigenvalue weighted by molar-refractivity contribution is -0.121. The number of pyridine rings is 1. The Morgan fingerprint density at radius 2 is 1.79 bits per heavy atom. The lowest BCUT2D eigenvalue weighted by Gasteiger charge is -2.14. The van der Waals surface area contributed by atoms with E-state index in [1.807, 2.05) is 45.2 Å². The maximum Gasteiger partial charge on any atom is 0.239 e. The molecule has 1 N–H and O–H groups in total. The van der Waals surface area contributed by atoms with Gasteiger partial charge in [-0.25, -0.2) is 0 Å². The van der Waals surface area contributed by atoms with E-state index in [0.717, 1.165) is 19.4 Å². The number of nitrogens with zero attached hydrogens (tertiary/aromatic N) is 1. The molecule has 0 saturated carbocycles. The topological polar surface area (TPSA) is 51.1 Å². The number of hydrogen-bond donors (Lipinski definition) is 1. The van der Waals surface area contributed by atoms with E-state index in [1.54, 1.807) is 17.0 Å². The van der Waals surface area contributed by atoms with Crippen molar-refractivity contribution in [2.45, 2.75) is 33.2 Å². The zero-order valence-electron chi connectivity index (χ0n) is 11.1. The summed E-state index contributed by atoms with van der Waals surface area (Å²) >= 11 is 3.99. The van der Waals surface area contributed by atoms with Crippen molar-refractivity contribution < 1.29 is 4.79 Å². The molecule has 1 aromatic heterocycles. The molecule has 0 aliphatic rings. The molecule has 1 aromatic rings. The Morgan fingerprint density at radius 3 is 2.26 bits per heavy atom. The first-order chi connectivity index (χ1) is 8.97. The van der Waals surface area contributed by atoms with Crippen molar-refractivity contribution in [2.75, 3.05) is 6.54 Å². The number of halogens is 2. The Balaban J connectivity index is 2.60. The lowest BCUT2D eigenvalue weighted by Crippen LogP contribution is -2.32. The second-order valence-electron chi connectivity index (χ2n) is 4.44. The van der Waals surface area contributed by atoms with Gasteiger partial charge in [-0.3, -0.25) is 9.59 Å². The van der Waals surface area contributed by atoms with Crippen LogP contribution in [0.1, 0.15) is 26.7 Å². The first kappa shape index (κ1) is 16.9. The highest BCUT2D eigenvalue weighted by Gasteiger charge is 2.08. The van der Waals surface area contributed by atoms with E-state index in [1.165, 1.54) is 0 Å². The number of carbonyl (C=O) groups excluding carboxylic acids is 1. The number of amides is 1. The van der Waals surface area contributed by atoms with E-state index >= 15 is 0 Å². The van der Waals surface area contributed by atoms with Gasteiger partial charge in [0.05, 0.1) is 7.14 Å². The number of rotatable bonds is 6. The van der Waals surface area contributed by atoms with Crippen molar-refractivity contribution in [1.82, 2.24) is 9.88 Å². The molecule has 0 saturated heterocycles. The van der Waals surface area contributed by atoms with Gasteiger partial charge in [-0.05, 0) is 51.1 Å².